The Bertz CT molecular complexity index is 578. The standard InChI is InChI=1S/C10H14N6O2S/c1-5-14-6(18-16-5)3-4-13-9(17)7-8(11)15-10(12-2)19-7/h3-4,11H2,1-2H3,(H,12,15)(H,13,17). The Morgan fingerprint density at radius 3 is 2.84 bits per heavy atom. The molecular formula is C10H14N6O2S. The summed E-state index contributed by atoms with van der Waals surface area (Å²) < 4.78 is 4.94. The summed E-state index contributed by atoms with van der Waals surface area (Å²) in [5.41, 5.74) is 5.66. The van der Waals surface area contributed by atoms with E-state index in [9.17, 15) is 4.79 Å². The minimum Gasteiger partial charge on any atom is -0.382 e. The number of nitrogens with one attached hydrogen (secondary N) is 2. The van der Waals surface area contributed by atoms with Crippen molar-refractivity contribution >= 4 is 28.2 Å². The number of carbonyl (C=O) groups excluding carboxylic acids is 1. The van der Waals surface area contributed by atoms with Gasteiger partial charge in [-0.15, -0.1) is 0 Å². The van der Waals surface area contributed by atoms with Gasteiger partial charge in [0.2, 0.25) is 5.89 Å². The quantitative estimate of drug-likeness (QED) is 0.727. The lowest BCUT2D eigenvalue weighted by Crippen LogP contribution is -2.25. The van der Waals surface area contributed by atoms with Crippen LogP contribution in [-0.4, -0.2) is 34.6 Å². The molecule has 0 aromatic carbocycles. The lowest BCUT2D eigenvalue weighted by molar-refractivity contribution is 0.0958. The molecule has 0 aliphatic carbocycles. The molecule has 2 rings (SSSR count). The highest BCUT2D eigenvalue weighted by atomic mass is 32.1. The van der Waals surface area contributed by atoms with Crippen molar-refractivity contribution in [1.29, 1.82) is 0 Å². The lowest BCUT2D eigenvalue weighted by atomic mass is 10.4. The van der Waals surface area contributed by atoms with Crippen molar-refractivity contribution in [2.45, 2.75) is 13.3 Å². The highest BCUT2D eigenvalue weighted by Gasteiger charge is 2.15. The van der Waals surface area contributed by atoms with Crippen molar-refractivity contribution in [2.24, 2.45) is 0 Å². The third kappa shape index (κ3) is 3.19. The summed E-state index contributed by atoms with van der Waals surface area (Å²) in [5, 5.41) is 9.85. The molecule has 1 amide bonds. The highest BCUT2D eigenvalue weighted by molar-refractivity contribution is 7.18. The molecule has 0 spiro atoms. The van der Waals surface area contributed by atoms with E-state index in [0.29, 0.717) is 34.7 Å². The Morgan fingerprint density at radius 2 is 2.26 bits per heavy atom. The fraction of sp³-hybridized carbons (Fsp3) is 0.400. The van der Waals surface area contributed by atoms with Crippen LogP contribution in [0.1, 0.15) is 21.4 Å². The van der Waals surface area contributed by atoms with Crippen LogP contribution in [0.25, 0.3) is 0 Å². The Labute approximate surface area is 113 Å². The number of nitrogens with two attached hydrogens (primary N) is 1. The molecule has 2 heterocycles. The van der Waals surface area contributed by atoms with Crippen LogP contribution < -0.4 is 16.4 Å². The smallest absolute Gasteiger partial charge is 0.265 e. The first kappa shape index (κ1) is 13.3. The van der Waals surface area contributed by atoms with Gasteiger partial charge in [0.15, 0.2) is 11.0 Å². The topological polar surface area (TPSA) is 119 Å². The molecule has 0 aliphatic heterocycles. The molecule has 8 nitrogen and oxygen atoms in total. The molecule has 0 unspecified atom stereocenters. The molecule has 0 saturated heterocycles. The lowest BCUT2D eigenvalue weighted by Gasteiger charge is -2.01. The normalized spacial score (nSPS) is 10.4. The van der Waals surface area contributed by atoms with E-state index in [1.807, 2.05) is 0 Å². The number of aromatic nitrogens is 3. The van der Waals surface area contributed by atoms with Crippen LogP contribution in [0.5, 0.6) is 0 Å². The Hall–Kier alpha value is -2.16. The molecular weight excluding hydrogens is 268 g/mol. The minimum absolute atomic E-state index is 0.223. The molecule has 9 heteroatoms. The Balaban J connectivity index is 1.88. The summed E-state index contributed by atoms with van der Waals surface area (Å²) in [5.74, 6) is 1.03. The van der Waals surface area contributed by atoms with Crippen molar-refractivity contribution in [2.75, 3.05) is 24.6 Å². The van der Waals surface area contributed by atoms with Gasteiger partial charge in [0.05, 0.1) is 0 Å². The van der Waals surface area contributed by atoms with Gasteiger partial charge in [-0.2, -0.15) is 4.98 Å². The third-order valence-electron chi connectivity index (χ3n) is 2.27. The van der Waals surface area contributed by atoms with E-state index in [2.05, 4.69) is 25.8 Å². The number of rotatable bonds is 5. The summed E-state index contributed by atoms with van der Waals surface area (Å²) in [6.07, 6.45) is 0.476. The first-order chi connectivity index (χ1) is 9.10. The second-order valence-electron chi connectivity index (χ2n) is 3.72. The summed E-state index contributed by atoms with van der Waals surface area (Å²) in [6.45, 7) is 2.13. The van der Waals surface area contributed by atoms with E-state index in [-0.39, 0.29) is 11.7 Å². The molecule has 0 atom stereocenters. The molecule has 102 valence electrons. The fourth-order valence-corrected chi connectivity index (χ4v) is 2.16. The SMILES string of the molecule is CNc1nc(N)c(C(=O)NCCc2nc(C)no2)s1. The zero-order valence-electron chi connectivity index (χ0n) is 10.6. The number of thiazole rings is 1. The molecule has 0 bridgehead atoms. The van der Waals surface area contributed by atoms with Gasteiger partial charge in [-0.3, -0.25) is 4.79 Å². The third-order valence-corrected chi connectivity index (χ3v) is 3.35. The number of hydrogen-bond acceptors (Lipinski definition) is 8. The molecule has 19 heavy (non-hydrogen) atoms. The average molecular weight is 282 g/mol. The Kier molecular flexibility index (Phi) is 3.95. The van der Waals surface area contributed by atoms with Crippen LogP contribution in [0.15, 0.2) is 4.52 Å². The van der Waals surface area contributed by atoms with E-state index in [1.54, 1.807) is 14.0 Å². The number of anilines is 2. The first-order valence-electron chi connectivity index (χ1n) is 5.61. The van der Waals surface area contributed by atoms with E-state index >= 15 is 0 Å². The van der Waals surface area contributed by atoms with Gasteiger partial charge in [-0.05, 0) is 6.92 Å². The van der Waals surface area contributed by atoms with E-state index in [0.717, 1.165) is 0 Å². The molecule has 0 aliphatic rings. The van der Waals surface area contributed by atoms with Gasteiger partial charge in [0.1, 0.15) is 10.7 Å². The predicted molar refractivity (Wildman–Crippen MR) is 71.1 cm³/mol. The molecule has 2 aromatic heterocycles. The van der Waals surface area contributed by atoms with Crippen LogP contribution in [0.2, 0.25) is 0 Å². The van der Waals surface area contributed by atoms with Gasteiger partial charge in [-0.1, -0.05) is 16.5 Å². The number of amides is 1. The first-order valence-corrected chi connectivity index (χ1v) is 6.43. The van der Waals surface area contributed by atoms with Crippen LogP contribution in [-0.2, 0) is 6.42 Å². The maximum absolute atomic E-state index is 11.9. The molecule has 2 aromatic rings. The molecule has 0 radical (unpaired) electrons. The van der Waals surface area contributed by atoms with Gasteiger partial charge in [0, 0.05) is 20.0 Å². The van der Waals surface area contributed by atoms with Crippen LogP contribution in [0.3, 0.4) is 0 Å². The van der Waals surface area contributed by atoms with Crippen LogP contribution in [0.4, 0.5) is 10.9 Å². The van der Waals surface area contributed by atoms with E-state index < -0.39 is 0 Å². The van der Waals surface area contributed by atoms with E-state index in [4.69, 9.17) is 10.3 Å². The molecule has 0 saturated carbocycles. The van der Waals surface area contributed by atoms with Crippen LogP contribution >= 0.6 is 11.3 Å². The van der Waals surface area contributed by atoms with E-state index in [1.165, 1.54) is 11.3 Å². The van der Waals surface area contributed by atoms with Crippen molar-refractivity contribution < 1.29 is 9.32 Å². The summed E-state index contributed by atoms with van der Waals surface area (Å²) in [4.78, 5) is 20.3. The number of nitrogens with zero attached hydrogens (tertiary/aromatic N) is 3. The Morgan fingerprint density at radius 1 is 1.47 bits per heavy atom. The maximum atomic E-state index is 11.9. The molecule has 0 fully saturated rings. The summed E-state index contributed by atoms with van der Waals surface area (Å²) >= 11 is 1.21. The van der Waals surface area contributed by atoms with Crippen LogP contribution in [0, 0.1) is 6.92 Å². The highest BCUT2D eigenvalue weighted by Crippen LogP contribution is 2.24. The predicted octanol–water partition coefficient (Wildman–Crippen LogP) is 0.431. The fourth-order valence-electron chi connectivity index (χ4n) is 1.41. The zero-order valence-corrected chi connectivity index (χ0v) is 11.4. The number of hydrogen-bond donors (Lipinski definition) is 3. The molecule has 4 N–H and O–H groups in total. The van der Waals surface area contributed by atoms with Crippen molar-refractivity contribution in [3.05, 3.63) is 16.6 Å². The van der Waals surface area contributed by atoms with Crippen molar-refractivity contribution in [3.8, 4) is 0 Å². The number of carbonyl (C=O) groups is 1. The minimum atomic E-state index is -0.257. The number of aryl methyl sites for hydroxylation is 1. The monoisotopic (exact) mass is 282 g/mol. The second-order valence-corrected chi connectivity index (χ2v) is 4.72. The van der Waals surface area contributed by atoms with Gasteiger partial charge in [-0.25, -0.2) is 4.98 Å². The average Bonchev–Trinajstić information content (AvgIpc) is 2.95. The zero-order chi connectivity index (χ0) is 13.8. The largest absolute Gasteiger partial charge is 0.382 e. The maximum Gasteiger partial charge on any atom is 0.265 e. The number of nitrogen functional groups attached to an aromatic ring is 1. The van der Waals surface area contributed by atoms with Gasteiger partial charge < -0.3 is 20.9 Å². The summed E-state index contributed by atoms with van der Waals surface area (Å²) in [7, 11) is 1.72. The summed E-state index contributed by atoms with van der Waals surface area (Å²) in [6, 6.07) is 0. The van der Waals surface area contributed by atoms with Gasteiger partial charge in [0.25, 0.3) is 5.91 Å². The van der Waals surface area contributed by atoms with Crippen molar-refractivity contribution in [1.82, 2.24) is 20.4 Å². The van der Waals surface area contributed by atoms with Crippen molar-refractivity contribution in [3.63, 3.8) is 0 Å². The van der Waals surface area contributed by atoms with Gasteiger partial charge >= 0.3 is 0 Å². The second kappa shape index (κ2) is 5.65.